The number of carbonyl (C=O) groups is 1. The van der Waals surface area contributed by atoms with Crippen molar-refractivity contribution in [1.29, 1.82) is 0 Å². The molecular formula is C16H20ClFN2O2. The first-order valence-electron chi connectivity index (χ1n) is 7.63. The molecule has 1 amide bonds. The first-order valence-corrected chi connectivity index (χ1v) is 8.00. The zero-order valence-electron chi connectivity index (χ0n) is 12.5. The quantitative estimate of drug-likeness (QED) is 0.925. The van der Waals surface area contributed by atoms with E-state index in [1.165, 1.54) is 6.07 Å². The minimum absolute atomic E-state index is 0.0506. The number of hydrogen-bond donors (Lipinski definition) is 1. The van der Waals surface area contributed by atoms with Gasteiger partial charge in [-0.1, -0.05) is 17.7 Å². The van der Waals surface area contributed by atoms with E-state index >= 15 is 0 Å². The molecule has 120 valence electrons. The molecule has 2 aliphatic rings. The van der Waals surface area contributed by atoms with Gasteiger partial charge in [-0.25, -0.2) is 4.39 Å². The smallest absolute Gasteiger partial charge is 0.223 e. The fourth-order valence-corrected chi connectivity index (χ4v) is 3.18. The zero-order chi connectivity index (χ0) is 15.7. The van der Waals surface area contributed by atoms with E-state index < -0.39 is 5.82 Å². The second-order valence-corrected chi connectivity index (χ2v) is 6.42. The Morgan fingerprint density at radius 2 is 2.14 bits per heavy atom. The molecule has 0 aromatic heterocycles. The van der Waals surface area contributed by atoms with E-state index in [2.05, 4.69) is 5.32 Å². The molecule has 0 bridgehead atoms. The summed E-state index contributed by atoms with van der Waals surface area (Å²) in [6, 6.07) is 4.99. The predicted octanol–water partition coefficient (Wildman–Crippen LogP) is 2.72. The number of piperidine rings is 1. The Labute approximate surface area is 134 Å². The Balaban J connectivity index is 1.51. The van der Waals surface area contributed by atoms with E-state index in [9.17, 15) is 9.18 Å². The molecule has 0 spiro atoms. The molecule has 3 rings (SSSR count). The summed E-state index contributed by atoms with van der Waals surface area (Å²) < 4.78 is 13.5. The summed E-state index contributed by atoms with van der Waals surface area (Å²) in [6.45, 7) is 1.57. The van der Waals surface area contributed by atoms with Crippen LogP contribution in [0.25, 0.3) is 0 Å². The van der Waals surface area contributed by atoms with Crippen molar-refractivity contribution >= 4 is 17.5 Å². The van der Waals surface area contributed by atoms with Crippen molar-refractivity contribution in [3.63, 3.8) is 0 Å². The zero-order valence-corrected chi connectivity index (χ0v) is 13.3. The molecule has 1 aromatic rings. The molecule has 1 heterocycles. The van der Waals surface area contributed by atoms with Crippen molar-refractivity contribution in [1.82, 2.24) is 10.4 Å². The van der Waals surface area contributed by atoms with Crippen molar-refractivity contribution < 1.29 is 14.0 Å². The lowest BCUT2D eigenvalue weighted by Crippen LogP contribution is -2.40. The number of hydroxylamine groups is 2. The molecule has 4 nitrogen and oxygen atoms in total. The highest BCUT2D eigenvalue weighted by molar-refractivity contribution is 6.30. The average Bonchev–Trinajstić information content (AvgIpc) is 3.29. The molecule has 22 heavy (non-hydrogen) atoms. The van der Waals surface area contributed by atoms with Gasteiger partial charge < -0.3 is 10.2 Å². The lowest BCUT2D eigenvalue weighted by Gasteiger charge is -2.29. The minimum Gasteiger partial charge on any atom is -0.352 e. The van der Waals surface area contributed by atoms with Crippen LogP contribution >= 0.6 is 11.6 Å². The van der Waals surface area contributed by atoms with Crippen molar-refractivity contribution in [2.75, 3.05) is 20.2 Å². The lowest BCUT2D eigenvalue weighted by atomic mass is 9.97. The van der Waals surface area contributed by atoms with E-state index in [0.717, 1.165) is 37.9 Å². The highest BCUT2D eigenvalue weighted by Gasteiger charge is 2.41. The fourth-order valence-electron chi connectivity index (χ4n) is 3.07. The molecule has 1 saturated heterocycles. The third-order valence-electron chi connectivity index (χ3n) is 4.57. The monoisotopic (exact) mass is 326 g/mol. The average molecular weight is 327 g/mol. The van der Waals surface area contributed by atoms with Crippen molar-refractivity contribution in [3.05, 3.63) is 34.6 Å². The number of halogens is 2. The van der Waals surface area contributed by atoms with Crippen LogP contribution in [0.2, 0.25) is 5.02 Å². The number of benzene rings is 1. The molecule has 0 unspecified atom stereocenters. The van der Waals surface area contributed by atoms with E-state index in [0.29, 0.717) is 0 Å². The Morgan fingerprint density at radius 1 is 1.41 bits per heavy atom. The summed E-state index contributed by atoms with van der Waals surface area (Å²) in [6.07, 6.45) is 2.49. The van der Waals surface area contributed by atoms with Gasteiger partial charge in [-0.15, -0.1) is 0 Å². The van der Waals surface area contributed by atoms with Crippen molar-refractivity contribution in [2.24, 2.45) is 5.92 Å². The standard InChI is InChI=1S/C16H20ClFN2O2/c1-22-20-6-4-10(5-7-20)16(21)19-15-9-12(15)11-2-3-13(17)14(18)8-11/h2-3,8,10,12,15H,4-7,9H2,1H3,(H,19,21)/t12-,15+/m0/s1. The third kappa shape index (κ3) is 3.42. The normalized spacial score (nSPS) is 26.0. The fraction of sp³-hybridized carbons (Fsp3) is 0.562. The van der Waals surface area contributed by atoms with Crippen LogP contribution in [0, 0.1) is 11.7 Å². The Morgan fingerprint density at radius 3 is 2.77 bits per heavy atom. The van der Waals surface area contributed by atoms with E-state index in [1.807, 2.05) is 11.1 Å². The highest BCUT2D eigenvalue weighted by atomic mass is 35.5. The molecule has 6 heteroatoms. The van der Waals surface area contributed by atoms with Crippen LogP contribution in [0.1, 0.15) is 30.7 Å². The Hall–Kier alpha value is -1.17. The summed E-state index contributed by atoms with van der Waals surface area (Å²) in [5, 5.41) is 5.09. The SMILES string of the molecule is CON1CCC(C(=O)N[C@@H]2C[C@H]2c2ccc(Cl)c(F)c2)CC1. The van der Waals surface area contributed by atoms with Crippen molar-refractivity contribution in [2.45, 2.75) is 31.2 Å². The maximum atomic E-state index is 13.5. The van der Waals surface area contributed by atoms with Gasteiger partial charge >= 0.3 is 0 Å². The number of hydrogen-bond acceptors (Lipinski definition) is 3. The van der Waals surface area contributed by atoms with Gasteiger partial charge in [0.1, 0.15) is 5.82 Å². The van der Waals surface area contributed by atoms with Gasteiger partial charge in [-0.3, -0.25) is 4.79 Å². The minimum atomic E-state index is -0.400. The molecule has 2 atom stereocenters. The Bertz CT molecular complexity index is 561. The molecular weight excluding hydrogens is 307 g/mol. The second-order valence-electron chi connectivity index (χ2n) is 6.02. The van der Waals surface area contributed by atoms with Gasteiger partial charge in [-0.05, 0) is 37.0 Å². The van der Waals surface area contributed by atoms with E-state index in [4.69, 9.17) is 16.4 Å². The predicted molar refractivity (Wildman–Crippen MR) is 82.0 cm³/mol. The molecule has 2 fully saturated rings. The number of nitrogens with one attached hydrogen (secondary N) is 1. The van der Waals surface area contributed by atoms with Crippen LogP contribution in [0.5, 0.6) is 0 Å². The van der Waals surface area contributed by atoms with Gasteiger partial charge in [-0.2, -0.15) is 5.06 Å². The van der Waals surface area contributed by atoms with Crippen LogP contribution in [0.4, 0.5) is 4.39 Å². The van der Waals surface area contributed by atoms with Gasteiger partial charge in [0.15, 0.2) is 0 Å². The van der Waals surface area contributed by atoms with Crippen molar-refractivity contribution in [3.8, 4) is 0 Å². The largest absolute Gasteiger partial charge is 0.352 e. The summed E-state index contributed by atoms with van der Waals surface area (Å²) in [7, 11) is 1.65. The number of amides is 1. The van der Waals surface area contributed by atoms with Crippen LogP contribution in [-0.4, -0.2) is 37.2 Å². The summed E-state index contributed by atoms with van der Waals surface area (Å²) >= 11 is 5.69. The van der Waals surface area contributed by atoms with Gasteiger partial charge in [0, 0.05) is 31.0 Å². The lowest BCUT2D eigenvalue weighted by molar-refractivity contribution is -0.154. The Kier molecular flexibility index (Phi) is 4.66. The molecule has 0 radical (unpaired) electrons. The highest BCUT2D eigenvalue weighted by Crippen LogP contribution is 2.41. The molecule has 1 aromatic carbocycles. The van der Waals surface area contributed by atoms with Crippen LogP contribution in [0.3, 0.4) is 0 Å². The summed E-state index contributed by atoms with van der Waals surface area (Å²) in [5.74, 6) is -0.0369. The topological polar surface area (TPSA) is 41.6 Å². The molecule has 1 saturated carbocycles. The van der Waals surface area contributed by atoms with E-state index in [1.54, 1.807) is 13.2 Å². The number of carbonyl (C=O) groups excluding carboxylic acids is 1. The summed E-state index contributed by atoms with van der Waals surface area (Å²) in [5.41, 5.74) is 0.904. The van der Waals surface area contributed by atoms with Gasteiger partial charge in [0.25, 0.3) is 0 Å². The number of rotatable bonds is 4. The number of nitrogens with zero attached hydrogens (tertiary/aromatic N) is 1. The van der Waals surface area contributed by atoms with E-state index in [-0.39, 0.29) is 28.8 Å². The third-order valence-corrected chi connectivity index (χ3v) is 4.88. The van der Waals surface area contributed by atoms with Crippen LogP contribution in [-0.2, 0) is 9.63 Å². The maximum absolute atomic E-state index is 13.5. The van der Waals surface area contributed by atoms with Gasteiger partial charge in [0.2, 0.25) is 5.91 Å². The first-order chi connectivity index (χ1) is 10.6. The molecule has 1 N–H and O–H groups in total. The first kappa shape index (κ1) is 15.7. The molecule has 1 aliphatic carbocycles. The maximum Gasteiger partial charge on any atom is 0.223 e. The molecule has 1 aliphatic heterocycles. The van der Waals surface area contributed by atoms with Crippen LogP contribution < -0.4 is 5.32 Å². The summed E-state index contributed by atoms with van der Waals surface area (Å²) in [4.78, 5) is 17.4. The van der Waals surface area contributed by atoms with Gasteiger partial charge in [0.05, 0.1) is 12.1 Å². The van der Waals surface area contributed by atoms with Crippen LogP contribution in [0.15, 0.2) is 18.2 Å². The second kappa shape index (κ2) is 6.52.